The van der Waals surface area contributed by atoms with Crippen LogP contribution in [0.15, 0.2) is 42.6 Å². The van der Waals surface area contributed by atoms with Gasteiger partial charge in [-0.1, -0.05) is 0 Å². The highest BCUT2D eigenvalue weighted by Gasteiger charge is 2.15. The van der Waals surface area contributed by atoms with Crippen molar-refractivity contribution < 1.29 is 23.8 Å². The zero-order valence-corrected chi connectivity index (χ0v) is 16.6. The molecule has 0 spiro atoms. The SMILES string of the molecule is COc1ccc(C(=O)COC(=O)c2ccc(-n3nc(C)cc3C)nc2)cc1OC. The van der Waals surface area contributed by atoms with Crippen LogP contribution in [0.5, 0.6) is 11.5 Å². The highest BCUT2D eigenvalue weighted by Crippen LogP contribution is 2.27. The molecule has 3 aromatic rings. The van der Waals surface area contributed by atoms with Crippen molar-refractivity contribution in [2.75, 3.05) is 20.8 Å². The van der Waals surface area contributed by atoms with E-state index in [0.29, 0.717) is 22.9 Å². The zero-order chi connectivity index (χ0) is 21.0. The minimum Gasteiger partial charge on any atom is -0.493 e. The maximum Gasteiger partial charge on any atom is 0.340 e. The summed E-state index contributed by atoms with van der Waals surface area (Å²) in [5, 5.41) is 4.35. The van der Waals surface area contributed by atoms with E-state index in [-0.39, 0.29) is 11.3 Å². The van der Waals surface area contributed by atoms with Gasteiger partial charge in [0.1, 0.15) is 0 Å². The minimum absolute atomic E-state index is 0.246. The summed E-state index contributed by atoms with van der Waals surface area (Å²) in [6.07, 6.45) is 1.40. The Balaban J connectivity index is 1.64. The van der Waals surface area contributed by atoms with Gasteiger partial charge in [0, 0.05) is 17.5 Å². The van der Waals surface area contributed by atoms with Gasteiger partial charge in [-0.15, -0.1) is 0 Å². The van der Waals surface area contributed by atoms with Crippen molar-refractivity contribution in [2.45, 2.75) is 13.8 Å². The van der Waals surface area contributed by atoms with Crippen molar-refractivity contribution in [3.63, 3.8) is 0 Å². The number of esters is 1. The van der Waals surface area contributed by atoms with Crippen LogP contribution in [0.1, 0.15) is 32.1 Å². The normalized spacial score (nSPS) is 10.5. The lowest BCUT2D eigenvalue weighted by atomic mass is 10.1. The second-order valence-electron chi connectivity index (χ2n) is 6.31. The molecule has 29 heavy (non-hydrogen) atoms. The fraction of sp³-hybridized carbons (Fsp3) is 0.238. The Bertz CT molecular complexity index is 1040. The third kappa shape index (κ3) is 4.43. The van der Waals surface area contributed by atoms with Crippen LogP contribution in [0.4, 0.5) is 0 Å². The summed E-state index contributed by atoms with van der Waals surface area (Å²) >= 11 is 0. The van der Waals surface area contributed by atoms with E-state index in [1.54, 1.807) is 35.0 Å². The van der Waals surface area contributed by atoms with Crippen LogP contribution in [0.3, 0.4) is 0 Å². The van der Waals surface area contributed by atoms with Crippen LogP contribution in [-0.2, 0) is 4.74 Å². The molecule has 150 valence electrons. The number of aryl methyl sites for hydroxylation is 2. The van der Waals surface area contributed by atoms with Crippen molar-refractivity contribution in [3.8, 4) is 17.3 Å². The highest BCUT2D eigenvalue weighted by molar-refractivity contribution is 5.99. The fourth-order valence-electron chi connectivity index (χ4n) is 2.80. The first kappa shape index (κ1) is 20.1. The minimum atomic E-state index is -0.633. The lowest BCUT2D eigenvalue weighted by Crippen LogP contribution is -2.15. The molecule has 8 nitrogen and oxygen atoms in total. The Morgan fingerprint density at radius 1 is 0.966 bits per heavy atom. The van der Waals surface area contributed by atoms with Crippen molar-refractivity contribution in [1.82, 2.24) is 14.8 Å². The molecular weight excluding hydrogens is 374 g/mol. The molecule has 0 aliphatic rings. The van der Waals surface area contributed by atoms with Crippen LogP contribution >= 0.6 is 0 Å². The smallest absolute Gasteiger partial charge is 0.340 e. The molecule has 8 heteroatoms. The van der Waals surface area contributed by atoms with Crippen LogP contribution in [0, 0.1) is 13.8 Å². The van der Waals surface area contributed by atoms with E-state index in [0.717, 1.165) is 11.4 Å². The largest absolute Gasteiger partial charge is 0.493 e. The molecule has 1 aromatic carbocycles. The van der Waals surface area contributed by atoms with Gasteiger partial charge in [-0.25, -0.2) is 14.5 Å². The van der Waals surface area contributed by atoms with E-state index >= 15 is 0 Å². The molecule has 0 atom stereocenters. The molecule has 2 heterocycles. The third-order valence-electron chi connectivity index (χ3n) is 4.25. The highest BCUT2D eigenvalue weighted by atomic mass is 16.5. The van der Waals surface area contributed by atoms with Crippen molar-refractivity contribution >= 4 is 11.8 Å². The van der Waals surface area contributed by atoms with Gasteiger partial charge < -0.3 is 14.2 Å². The lowest BCUT2D eigenvalue weighted by molar-refractivity contribution is 0.0474. The quantitative estimate of drug-likeness (QED) is 0.448. The summed E-state index contributed by atoms with van der Waals surface area (Å²) in [6.45, 7) is 3.42. The Morgan fingerprint density at radius 3 is 2.28 bits per heavy atom. The third-order valence-corrected chi connectivity index (χ3v) is 4.25. The molecule has 3 rings (SSSR count). The Labute approximate surface area is 168 Å². The average Bonchev–Trinajstić information content (AvgIpc) is 3.09. The van der Waals surface area contributed by atoms with Crippen LogP contribution < -0.4 is 9.47 Å². The molecule has 0 aliphatic carbocycles. The number of Topliss-reactive ketones (excluding diaryl/α,β-unsaturated/α-hetero) is 1. The summed E-state index contributed by atoms with van der Waals surface area (Å²) < 4.78 is 17.1. The van der Waals surface area contributed by atoms with Crippen LogP contribution in [0.25, 0.3) is 5.82 Å². The van der Waals surface area contributed by atoms with Crippen molar-refractivity contribution in [1.29, 1.82) is 0 Å². The first-order valence-electron chi connectivity index (χ1n) is 8.85. The molecule has 0 bridgehead atoms. The summed E-state index contributed by atoms with van der Waals surface area (Å²) in [6, 6.07) is 9.94. The molecule has 0 amide bonds. The summed E-state index contributed by atoms with van der Waals surface area (Å²) in [5.74, 6) is 0.537. The molecule has 0 fully saturated rings. The molecule has 0 saturated carbocycles. The molecule has 0 aliphatic heterocycles. The van der Waals surface area contributed by atoms with Crippen LogP contribution in [-0.4, -0.2) is 47.3 Å². The average molecular weight is 395 g/mol. The van der Waals surface area contributed by atoms with E-state index in [1.807, 2.05) is 19.9 Å². The second kappa shape index (κ2) is 8.55. The van der Waals surface area contributed by atoms with E-state index in [1.165, 1.54) is 20.4 Å². The number of ether oxygens (including phenoxy) is 3. The van der Waals surface area contributed by atoms with Crippen molar-refractivity contribution in [3.05, 3.63) is 65.1 Å². The van der Waals surface area contributed by atoms with Gasteiger partial charge in [-0.05, 0) is 50.2 Å². The van der Waals surface area contributed by atoms with E-state index in [9.17, 15) is 9.59 Å². The molecule has 2 aromatic heterocycles. The molecular formula is C21H21N3O5. The van der Waals surface area contributed by atoms with Gasteiger partial charge in [-0.3, -0.25) is 4.79 Å². The first-order valence-corrected chi connectivity index (χ1v) is 8.85. The number of pyridine rings is 1. The van der Waals surface area contributed by atoms with Gasteiger partial charge in [0.25, 0.3) is 0 Å². The number of rotatable bonds is 7. The van der Waals surface area contributed by atoms with Gasteiger partial charge in [0.15, 0.2) is 29.7 Å². The topological polar surface area (TPSA) is 92.5 Å². The van der Waals surface area contributed by atoms with Gasteiger partial charge in [-0.2, -0.15) is 5.10 Å². The summed E-state index contributed by atoms with van der Waals surface area (Å²) in [5.41, 5.74) is 2.41. The number of aromatic nitrogens is 3. The van der Waals surface area contributed by atoms with Gasteiger partial charge in [0.05, 0.1) is 25.5 Å². The molecule has 0 unspecified atom stereocenters. The standard InChI is InChI=1S/C21H21N3O5/c1-13-9-14(2)24(23-13)20-8-6-16(11-22-20)21(26)29-12-17(25)15-5-7-18(27-3)19(10-15)28-4/h5-11H,12H2,1-4H3. The first-order chi connectivity index (χ1) is 13.9. The van der Waals surface area contributed by atoms with E-state index in [4.69, 9.17) is 14.2 Å². The number of nitrogens with zero attached hydrogens (tertiary/aromatic N) is 3. The van der Waals surface area contributed by atoms with E-state index in [2.05, 4.69) is 10.1 Å². The number of hydrogen-bond donors (Lipinski definition) is 0. The van der Waals surface area contributed by atoms with Crippen LogP contribution in [0.2, 0.25) is 0 Å². The van der Waals surface area contributed by atoms with Crippen molar-refractivity contribution in [2.24, 2.45) is 0 Å². The lowest BCUT2D eigenvalue weighted by Gasteiger charge is -2.09. The second-order valence-corrected chi connectivity index (χ2v) is 6.31. The summed E-state index contributed by atoms with van der Waals surface area (Å²) in [4.78, 5) is 28.8. The maximum atomic E-state index is 12.3. The number of carbonyl (C=O) groups excluding carboxylic acids is 2. The molecule has 0 radical (unpaired) electrons. The predicted octanol–water partition coefficient (Wildman–Crippen LogP) is 2.94. The van der Waals surface area contributed by atoms with Gasteiger partial charge >= 0.3 is 5.97 Å². The number of hydrogen-bond acceptors (Lipinski definition) is 7. The Morgan fingerprint density at radius 2 is 1.69 bits per heavy atom. The Kier molecular flexibility index (Phi) is 5.92. The number of ketones is 1. The van der Waals surface area contributed by atoms with Gasteiger partial charge in [0.2, 0.25) is 0 Å². The number of methoxy groups -OCH3 is 2. The Hall–Kier alpha value is -3.68. The predicted molar refractivity (Wildman–Crippen MR) is 105 cm³/mol. The maximum absolute atomic E-state index is 12.3. The fourth-order valence-corrected chi connectivity index (χ4v) is 2.80. The zero-order valence-electron chi connectivity index (χ0n) is 16.6. The summed E-state index contributed by atoms with van der Waals surface area (Å²) in [7, 11) is 2.99. The monoisotopic (exact) mass is 395 g/mol. The number of carbonyl (C=O) groups is 2. The van der Waals surface area contributed by atoms with E-state index < -0.39 is 12.6 Å². The molecule has 0 N–H and O–H groups in total. The molecule has 0 saturated heterocycles. The number of benzene rings is 1.